The fourth-order valence-corrected chi connectivity index (χ4v) is 14.3. The van der Waals surface area contributed by atoms with Gasteiger partial charge in [-0.15, -0.1) is 0 Å². The highest BCUT2D eigenvalue weighted by atomic mass is 15.2. The standard InChI is InChI=1S/C77H49N7/c1-77(2)65-44-60-55-29-15-13-27-53(55)52-26-12-14-28-54(52)59(60)43-61(65)58-36-39-70-71(72(58)77)64-40-48(49-41-63-57-31-17-18-32-66(57)83(75(63)78-45-49)50-24-10-5-11-25-50)34-37-69(64)82(70)51-35-38-68-62(42-51)56-30-16-19-33-67(56)84(68)76-80-73(46-20-6-3-7-21-46)79-74(81-76)47-22-8-4-9-23-47/h3-45H,1-2H3. The summed E-state index contributed by atoms with van der Waals surface area (Å²) in [6, 6.07) is 92.2. The smallest absolute Gasteiger partial charge is 0.238 e. The Balaban J connectivity index is 0.885. The normalized spacial score (nSPS) is 13.0. The highest BCUT2D eigenvalue weighted by molar-refractivity contribution is 6.27. The van der Waals surface area contributed by atoms with Crippen molar-refractivity contribution >= 4 is 97.9 Å². The van der Waals surface area contributed by atoms with Gasteiger partial charge in [-0.25, -0.2) is 9.97 Å². The van der Waals surface area contributed by atoms with E-state index in [2.05, 4.69) is 252 Å². The summed E-state index contributed by atoms with van der Waals surface area (Å²) in [5, 5.41) is 14.7. The lowest BCUT2D eigenvalue weighted by Crippen LogP contribution is -2.15. The third-order valence-electron chi connectivity index (χ3n) is 18.1. The van der Waals surface area contributed by atoms with Crippen LogP contribution >= 0.6 is 0 Å². The van der Waals surface area contributed by atoms with Crippen molar-refractivity contribution in [2.45, 2.75) is 19.3 Å². The predicted molar refractivity (Wildman–Crippen MR) is 347 cm³/mol. The maximum Gasteiger partial charge on any atom is 0.238 e. The number of hydrogen-bond donors (Lipinski definition) is 0. The highest BCUT2D eigenvalue weighted by Gasteiger charge is 2.39. The molecule has 0 bridgehead atoms. The molecule has 1 aliphatic carbocycles. The van der Waals surface area contributed by atoms with Gasteiger partial charge in [-0.05, 0) is 139 Å². The Labute approximate surface area is 482 Å². The van der Waals surface area contributed by atoms with Crippen molar-refractivity contribution < 1.29 is 0 Å². The fraction of sp³-hybridized carbons (Fsp3) is 0.0390. The van der Waals surface area contributed by atoms with E-state index >= 15 is 0 Å². The first-order chi connectivity index (χ1) is 41.4. The molecule has 84 heavy (non-hydrogen) atoms. The molecule has 17 aromatic rings. The predicted octanol–water partition coefficient (Wildman–Crippen LogP) is 19.3. The molecule has 0 spiro atoms. The van der Waals surface area contributed by atoms with Gasteiger partial charge < -0.3 is 4.57 Å². The number of nitrogens with zero attached hydrogens (tertiary/aromatic N) is 7. The molecule has 0 aliphatic heterocycles. The van der Waals surface area contributed by atoms with Gasteiger partial charge in [0.05, 0.1) is 27.6 Å². The molecule has 0 N–H and O–H groups in total. The zero-order valence-electron chi connectivity index (χ0n) is 46.0. The van der Waals surface area contributed by atoms with Crippen LogP contribution in [0.3, 0.4) is 0 Å². The van der Waals surface area contributed by atoms with Crippen molar-refractivity contribution in [1.82, 2.24) is 33.6 Å². The van der Waals surface area contributed by atoms with Crippen molar-refractivity contribution in [1.29, 1.82) is 0 Å². The number of aromatic nitrogens is 7. The summed E-state index contributed by atoms with van der Waals surface area (Å²) in [5.74, 6) is 1.80. The van der Waals surface area contributed by atoms with E-state index in [0.717, 1.165) is 83.0 Å². The Morgan fingerprint density at radius 2 is 0.821 bits per heavy atom. The zero-order valence-corrected chi connectivity index (χ0v) is 46.0. The monoisotopic (exact) mass is 1070 g/mol. The number of benzene rings is 12. The number of fused-ring (bicyclic) bond motifs is 19. The Bertz CT molecular complexity index is 5580. The van der Waals surface area contributed by atoms with Crippen molar-refractivity contribution in [2.75, 3.05) is 0 Å². The Hall–Kier alpha value is -11.0. The first kappa shape index (κ1) is 46.7. The van der Waals surface area contributed by atoms with E-state index in [0.29, 0.717) is 17.6 Å². The lowest BCUT2D eigenvalue weighted by molar-refractivity contribution is 0.667. The van der Waals surface area contributed by atoms with Crippen LogP contribution in [-0.2, 0) is 5.41 Å². The summed E-state index contributed by atoms with van der Waals surface area (Å²) >= 11 is 0. The first-order valence-corrected chi connectivity index (χ1v) is 28.8. The van der Waals surface area contributed by atoms with E-state index < -0.39 is 0 Å². The van der Waals surface area contributed by atoms with E-state index in [1.54, 1.807) is 0 Å². The van der Waals surface area contributed by atoms with E-state index in [9.17, 15) is 0 Å². The van der Waals surface area contributed by atoms with Crippen LogP contribution in [0.15, 0.2) is 261 Å². The molecule has 0 amide bonds. The lowest BCUT2D eigenvalue weighted by atomic mass is 9.79. The molecule has 5 aromatic heterocycles. The minimum absolute atomic E-state index is 0.362. The van der Waals surface area contributed by atoms with E-state index in [4.69, 9.17) is 19.9 Å². The van der Waals surface area contributed by atoms with Gasteiger partial charge in [-0.2, -0.15) is 9.97 Å². The largest absolute Gasteiger partial charge is 0.309 e. The van der Waals surface area contributed by atoms with Gasteiger partial charge in [0.1, 0.15) is 5.65 Å². The van der Waals surface area contributed by atoms with Gasteiger partial charge in [-0.3, -0.25) is 9.13 Å². The van der Waals surface area contributed by atoms with Gasteiger partial charge in [-0.1, -0.05) is 190 Å². The van der Waals surface area contributed by atoms with Gasteiger partial charge in [0.25, 0.3) is 0 Å². The molecule has 392 valence electrons. The Morgan fingerprint density at radius 1 is 0.310 bits per heavy atom. The van der Waals surface area contributed by atoms with Crippen LogP contribution in [0.2, 0.25) is 0 Å². The van der Waals surface area contributed by atoms with Crippen LogP contribution in [0.4, 0.5) is 0 Å². The number of hydrogen-bond acceptors (Lipinski definition) is 4. The maximum atomic E-state index is 5.31. The molecule has 0 atom stereocenters. The Kier molecular flexibility index (Phi) is 9.73. The van der Waals surface area contributed by atoms with E-state index in [-0.39, 0.29) is 5.41 Å². The first-order valence-electron chi connectivity index (χ1n) is 28.8. The molecule has 18 rings (SSSR count). The molecule has 7 heteroatoms. The lowest BCUT2D eigenvalue weighted by Gasteiger charge is -2.23. The van der Waals surface area contributed by atoms with E-state index in [1.807, 2.05) is 36.4 Å². The van der Waals surface area contributed by atoms with Crippen molar-refractivity contribution in [3.63, 3.8) is 0 Å². The molecule has 5 heterocycles. The molecule has 1 aliphatic rings. The van der Waals surface area contributed by atoms with Crippen LogP contribution in [0.1, 0.15) is 25.0 Å². The Morgan fingerprint density at radius 3 is 1.49 bits per heavy atom. The molecule has 12 aromatic carbocycles. The SMILES string of the molecule is CC1(C)c2cc3c4ccccc4c4ccccc4c3cc2-c2ccc3c(c21)c1cc(-c2cnc4c(c2)c2ccccc2n4-c2ccccc2)ccc1n3-c1ccc2c(c1)c1ccccc1n2-c1nc(-c2ccccc2)nc(-c2ccccc2)n1. The van der Waals surface area contributed by atoms with Crippen LogP contribution < -0.4 is 0 Å². The van der Waals surface area contributed by atoms with Gasteiger partial charge >= 0.3 is 0 Å². The molecular weight excluding hydrogens is 1020 g/mol. The highest BCUT2D eigenvalue weighted by Crippen LogP contribution is 2.56. The van der Waals surface area contributed by atoms with E-state index in [1.165, 1.54) is 70.7 Å². The minimum atomic E-state index is -0.362. The molecule has 0 unspecified atom stereocenters. The number of rotatable bonds is 6. The number of pyridine rings is 1. The molecule has 0 saturated heterocycles. The second-order valence-electron chi connectivity index (χ2n) is 23.0. The van der Waals surface area contributed by atoms with Gasteiger partial charge in [0.15, 0.2) is 11.6 Å². The average Bonchev–Trinajstić information content (AvgIpc) is 1.66. The summed E-state index contributed by atoms with van der Waals surface area (Å²) in [5.41, 5.74) is 17.5. The maximum absolute atomic E-state index is 5.31. The van der Waals surface area contributed by atoms with Gasteiger partial charge in [0.2, 0.25) is 5.95 Å². The van der Waals surface area contributed by atoms with Gasteiger partial charge in [0, 0.05) is 72.0 Å². The van der Waals surface area contributed by atoms with Crippen LogP contribution in [0.25, 0.3) is 160 Å². The topological polar surface area (TPSA) is 66.3 Å². The molecule has 7 nitrogen and oxygen atoms in total. The van der Waals surface area contributed by atoms with Crippen LogP contribution in [0.5, 0.6) is 0 Å². The van der Waals surface area contributed by atoms with Crippen molar-refractivity contribution in [3.8, 4) is 62.4 Å². The summed E-state index contributed by atoms with van der Waals surface area (Å²) in [7, 11) is 0. The quantitative estimate of drug-likeness (QED) is 0.156. The second-order valence-corrected chi connectivity index (χ2v) is 23.0. The van der Waals surface area contributed by atoms with Crippen LogP contribution in [-0.4, -0.2) is 33.6 Å². The van der Waals surface area contributed by atoms with Crippen molar-refractivity contribution in [2.24, 2.45) is 0 Å². The summed E-state index contributed by atoms with van der Waals surface area (Å²) < 4.78 is 6.99. The number of para-hydroxylation sites is 3. The summed E-state index contributed by atoms with van der Waals surface area (Å²) in [6.07, 6.45) is 2.06. The average molecular weight is 1070 g/mol. The third-order valence-corrected chi connectivity index (χ3v) is 18.1. The molecule has 0 radical (unpaired) electrons. The fourth-order valence-electron chi connectivity index (χ4n) is 14.3. The van der Waals surface area contributed by atoms with Crippen LogP contribution in [0, 0.1) is 0 Å². The minimum Gasteiger partial charge on any atom is -0.309 e. The second kappa shape index (κ2) is 17.5. The third kappa shape index (κ3) is 6.63. The zero-order chi connectivity index (χ0) is 55.4. The molecule has 0 saturated carbocycles. The molecular formula is C77H49N7. The molecule has 0 fully saturated rings. The summed E-state index contributed by atoms with van der Waals surface area (Å²) in [6.45, 7) is 4.88. The summed E-state index contributed by atoms with van der Waals surface area (Å²) in [4.78, 5) is 20.9. The van der Waals surface area contributed by atoms with Crippen molar-refractivity contribution in [3.05, 3.63) is 272 Å².